The summed E-state index contributed by atoms with van der Waals surface area (Å²) < 4.78 is 12.9. The molecule has 1 aliphatic rings. The van der Waals surface area contributed by atoms with Crippen molar-refractivity contribution in [2.24, 2.45) is 0 Å². The molecule has 2 nitrogen and oxygen atoms in total. The average molecular weight is 192 g/mol. The first kappa shape index (κ1) is 8.94. The maximum absolute atomic E-state index is 12.9. The molecule has 0 fully saturated rings. The highest BCUT2D eigenvalue weighted by Crippen LogP contribution is 2.32. The zero-order valence-corrected chi connectivity index (χ0v) is 7.46. The second-order valence-corrected chi connectivity index (χ2v) is 3.31. The third kappa shape index (κ3) is 1.53. The minimum atomic E-state index is -0.975. The van der Waals surface area contributed by atoms with E-state index in [2.05, 4.69) is 0 Å². The lowest BCUT2D eigenvalue weighted by atomic mass is 10.1. The van der Waals surface area contributed by atoms with Crippen LogP contribution < -0.4 is 0 Å². The van der Waals surface area contributed by atoms with Gasteiger partial charge in [0.15, 0.2) is 0 Å². The standard InChI is InChI=1S/C11H9FO2/c12-9-4-3-7-1-2-8(5-11(13)14)10(7)6-9/h3-6H,1-2H2,(H,13,14)/b8-5+. The number of hydrogen-bond acceptors (Lipinski definition) is 1. The first-order valence-electron chi connectivity index (χ1n) is 4.39. The quantitative estimate of drug-likeness (QED) is 0.693. The molecule has 72 valence electrons. The van der Waals surface area contributed by atoms with E-state index in [1.54, 1.807) is 6.07 Å². The third-order valence-corrected chi connectivity index (χ3v) is 2.38. The zero-order valence-electron chi connectivity index (χ0n) is 7.46. The highest BCUT2D eigenvalue weighted by Gasteiger charge is 2.17. The Bertz CT molecular complexity index is 421. The SMILES string of the molecule is O=C(O)/C=C1\CCc2ccc(F)cc21. The summed E-state index contributed by atoms with van der Waals surface area (Å²) in [5, 5.41) is 8.60. The van der Waals surface area contributed by atoms with Gasteiger partial charge < -0.3 is 5.11 Å². The number of fused-ring (bicyclic) bond motifs is 1. The van der Waals surface area contributed by atoms with Gasteiger partial charge in [0.2, 0.25) is 0 Å². The lowest BCUT2D eigenvalue weighted by Crippen LogP contribution is -1.90. The molecule has 0 atom stereocenters. The summed E-state index contributed by atoms with van der Waals surface area (Å²) in [7, 11) is 0. The number of carboxylic acids is 1. The third-order valence-electron chi connectivity index (χ3n) is 2.38. The normalized spacial score (nSPS) is 17.1. The van der Waals surface area contributed by atoms with Crippen molar-refractivity contribution in [1.82, 2.24) is 0 Å². The Balaban J connectivity index is 2.48. The van der Waals surface area contributed by atoms with E-state index in [4.69, 9.17) is 5.11 Å². The topological polar surface area (TPSA) is 37.3 Å². The number of carbonyl (C=O) groups is 1. The predicted octanol–water partition coefficient (Wildman–Crippen LogP) is 2.24. The molecule has 0 aliphatic heterocycles. The summed E-state index contributed by atoms with van der Waals surface area (Å²) in [6.07, 6.45) is 2.64. The van der Waals surface area contributed by atoms with Gasteiger partial charge >= 0.3 is 5.97 Å². The van der Waals surface area contributed by atoms with Crippen LogP contribution in [0.15, 0.2) is 24.3 Å². The van der Waals surface area contributed by atoms with Crippen LogP contribution in [0.4, 0.5) is 4.39 Å². The Morgan fingerprint density at radius 2 is 2.21 bits per heavy atom. The Morgan fingerprint density at radius 3 is 2.93 bits per heavy atom. The molecule has 14 heavy (non-hydrogen) atoms. The lowest BCUT2D eigenvalue weighted by molar-refractivity contribution is -0.131. The number of aliphatic carboxylic acids is 1. The highest BCUT2D eigenvalue weighted by molar-refractivity contribution is 5.91. The monoisotopic (exact) mass is 192 g/mol. The molecular formula is C11H9FO2. The van der Waals surface area contributed by atoms with E-state index < -0.39 is 5.97 Å². The first-order valence-corrected chi connectivity index (χ1v) is 4.39. The Hall–Kier alpha value is -1.64. The van der Waals surface area contributed by atoms with Gasteiger partial charge in [0, 0.05) is 6.08 Å². The molecule has 0 amide bonds. The van der Waals surface area contributed by atoms with Crippen molar-refractivity contribution < 1.29 is 14.3 Å². The van der Waals surface area contributed by atoms with E-state index in [1.807, 2.05) is 0 Å². The van der Waals surface area contributed by atoms with E-state index in [9.17, 15) is 9.18 Å². The number of hydrogen-bond donors (Lipinski definition) is 1. The van der Waals surface area contributed by atoms with Gasteiger partial charge in [-0.3, -0.25) is 0 Å². The summed E-state index contributed by atoms with van der Waals surface area (Å²) in [6.45, 7) is 0. The molecule has 0 saturated heterocycles. The molecule has 0 heterocycles. The van der Waals surface area contributed by atoms with Crippen molar-refractivity contribution in [2.75, 3.05) is 0 Å². The predicted molar refractivity (Wildman–Crippen MR) is 50.3 cm³/mol. The van der Waals surface area contributed by atoms with E-state index in [0.29, 0.717) is 12.0 Å². The molecule has 1 aliphatic carbocycles. The largest absolute Gasteiger partial charge is 0.478 e. The maximum Gasteiger partial charge on any atom is 0.328 e. The van der Waals surface area contributed by atoms with Crippen LogP contribution in [0.2, 0.25) is 0 Å². The molecule has 2 rings (SSSR count). The summed E-state index contributed by atoms with van der Waals surface area (Å²) in [4.78, 5) is 10.5. The van der Waals surface area contributed by atoms with E-state index in [-0.39, 0.29) is 5.82 Å². The molecular weight excluding hydrogens is 183 g/mol. The second kappa shape index (κ2) is 3.25. The van der Waals surface area contributed by atoms with Gasteiger partial charge in [-0.25, -0.2) is 9.18 Å². The molecule has 0 bridgehead atoms. The van der Waals surface area contributed by atoms with Crippen molar-refractivity contribution >= 4 is 11.5 Å². The molecule has 1 aromatic carbocycles. The van der Waals surface area contributed by atoms with Gasteiger partial charge in [-0.1, -0.05) is 6.07 Å². The van der Waals surface area contributed by atoms with Crippen LogP contribution in [0.1, 0.15) is 17.5 Å². The second-order valence-electron chi connectivity index (χ2n) is 3.31. The van der Waals surface area contributed by atoms with Gasteiger partial charge in [-0.05, 0) is 41.7 Å². The number of allylic oxidation sites excluding steroid dienone is 1. The Labute approximate surface area is 80.7 Å². The van der Waals surface area contributed by atoms with Crippen molar-refractivity contribution in [2.45, 2.75) is 12.8 Å². The number of aryl methyl sites for hydroxylation is 1. The molecule has 1 N–H and O–H groups in total. The summed E-state index contributed by atoms with van der Waals surface area (Å²) in [5.41, 5.74) is 2.48. The first-order chi connectivity index (χ1) is 6.66. The molecule has 0 spiro atoms. The van der Waals surface area contributed by atoms with Gasteiger partial charge in [-0.2, -0.15) is 0 Å². The zero-order chi connectivity index (χ0) is 10.1. The van der Waals surface area contributed by atoms with Crippen LogP contribution >= 0.6 is 0 Å². The van der Waals surface area contributed by atoms with E-state index >= 15 is 0 Å². The smallest absolute Gasteiger partial charge is 0.328 e. The molecule has 3 heteroatoms. The molecule has 0 radical (unpaired) electrons. The number of benzene rings is 1. The van der Waals surface area contributed by atoms with Crippen molar-refractivity contribution in [3.05, 3.63) is 41.2 Å². The summed E-state index contributed by atoms with van der Waals surface area (Å²) in [6, 6.07) is 4.52. The Kier molecular flexibility index (Phi) is 2.08. The van der Waals surface area contributed by atoms with Crippen LogP contribution in [0, 0.1) is 5.82 Å². The summed E-state index contributed by atoms with van der Waals surface area (Å²) >= 11 is 0. The Morgan fingerprint density at radius 1 is 1.43 bits per heavy atom. The van der Waals surface area contributed by atoms with Crippen molar-refractivity contribution in [1.29, 1.82) is 0 Å². The fourth-order valence-corrected chi connectivity index (χ4v) is 1.77. The number of rotatable bonds is 1. The lowest BCUT2D eigenvalue weighted by Gasteiger charge is -1.99. The van der Waals surface area contributed by atoms with Crippen LogP contribution in [0.5, 0.6) is 0 Å². The van der Waals surface area contributed by atoms with Gasteiger partial charge in [0.05, 0.1) is 0 Å². The van der Waals surface area contributed by atoms with E-state index in [0.717, 1.165) is 23.6 Å². The van der Waals surface area contributed by atoms with Crippen molar-refractivity contribution in [3.63, 3.8) is 0 Å². The minimum absolute atomic E-state index is 0.318. The molecule has 1 aromatic rings. The van der Waals surface area contributed by atoms with Gasteiger partial charge in [0.25, 0.3) is 0 Å². The number of halogens is 1. The summed E-state index contributed by atoms with van der Waals surface area (Å²) in [5.74, 6) is -1.29. The van der Waals surface area contributed by atoms with Crippen LogP contribution in [-0.4, -0.2) is 11.1 Å². The molecule has 0 saturated carbocycles. The van der Waals surface area contributed by atoms with Crippen LogP contribution in [0.25, 0.3) is 5.57 Å². The van der Waals surface area contributed by atoms with E-state index in [1.165, 1.54) is 12.1 Å². The van der Waals surface area contributed by atoms with Gasteiger partial charge in [0.1, 0.15) is 5.82 Å². The highest BCUT2D eigenvalue weighted by atomic mass is 19.1. The van der Waals surface area contributed by atoms with Crippen LogP contribution in [0.3, 0.4) is 0 Å². The minimum Gasteiger partial charge on any atom is -0.478 e. The average Bonchev–Trinajstić information content (AvgIpc) is 2.47. The maximum atomic E-state index is 12.9. The number of carboxylic acid groups (broad SMARTS) is 1. The van der Waals surface area contributed by atoms with Crippen LogP contribution in [-0.2, 0) is 11.2 Å². The van der Waals surface area contributed by atoms with Crippen molar-refractivity contribution in [3.8, 4) is 0 Å². The van der Waals surface area contributed by atoms with Gasteiger partial charge in [-0.15, -0.1) is 0 Å². The fourth-order valence-electron chi connectivity index (χ4n) is 1.77. The molecule has 0 unspecified atom stereocenters. The molecule has 0 aromatic heterocycles. The fraction of sp³-hybridized carbons (Fsp3) is 0.182.